The van der Waals surface area contributed by atoms with Crippen molar-refractivity contribution in [2.45, 2.75) is 24.3 Å². The van der Waals surface area contributed by atoms with Crippen LogP contribution >= 0.6 is 0 Å². The first-order valence-corrected chi connectivity index (χ1v) is 9.28. The van der Waals surface area contributed by atoms with E-state index in [4.69, 9.17) is 0 Å². The lowest BCUT2D eigenvalue weighted by molar-refractivity contribution is -0.143. The Kier molecular flexibility index (Phi) is 4.57. The van der Waals surface area contributed by atoms with Crippen LogP contribution in [0.15, 0.2) is 29.4 Å². The van der Waals surface area contributed by atoms with Gasteiger partial charge in [-0.25, -0.2) is 13.4 Å². The Labute approximate surface area is 140 Å². The van der Waals surface area contributed by atoms with Gasteiger partial charge in [0.05, 0.1) is 0 Å². The second-order valence-electron chi connectivity index (χ2n) is 5.75. The molecule has 3 heterocycles. The molecule has 1 saturated heterocycles. The van der Waals surface area contributed by atoms with Gasteiger partial charge < -0.3 is 10.1 Å². The predicted octanol–water partition coefficient (Wildman–Crippen LogP) is 0.732. The Morgan fingerprint density at radius 1 is 1.38 bits per heavy atom. The summed E-state index contributed by atoms with van der Waals surface area (Å²) in [6.07, 6.45) is 3.56. The van der Waals surface area contributed by atoms with Gasteiger partial charge in [-0.3, -0.25) is 9.69 Å². The van der Waals surface area contributed by atoms with Crippen molar-refractivity contribution in [2.24, 2.45) is 0 Å². The second-order valence-corrected chi connectivity index (χ2v) is 7.66. The molecule has 0 aromatic carbocycles. The van der Waals surface area contributed by atoms with E-state index in [2.05, 4.69) is 9.97 Å². The van der Waals surface area contributed by atoms with Crippen LogP contribution in [0.2, 0.25) is 0 Å². The quantitative estimate of drug-likeness (QED) is 0.822. The number of aromatic nitrogens is 2. The molecule has 24 heavy (non-hydrogen) atoms. The number of piperazine rings is 1. The van der Waals surface area contributed by atoms with E-state index in [1.165, 1.54) is 10.5 Å². The van der Waals surface area contributed by atoms with Crippen molar-refractivity contribution in [2.75, 3.05) is 26.2 Å². The molecule has 2 N–H and O–H groups in total. The third-order valence-corrected chi connectivity index (χ3v) is 6.36. The molecule has 1 aliphatic rings. The molecule has 2 aromatic heterocycles. The molecule has 3 rings (SSSR count). The number of H-pyrrole nitrogens is 1. The van der Waals surface area contributed by atoms with E-state index in [1.54, 1.807) is 18.3 Å². The molecule has 2 aromatic rings. The summed E-state index contributed by atoms with van der Waals surface area (Å²) in [7, 11) is -3.63. The van der Waals surface area contributed by atoms with Crippen molar-refractivity contribution >= 4 is 27.0 Å². The maximum absolute atomic E-state index is 12.9. The van der Waals surface area contributed by atoms with Crippen molar-refractivity contribution in [1.29, 1.82) is 0 Å². The molecule has 1 unspecified atom stereocenters. The zero-order valence-corrected chi connectivity index (χ0v) is 14.2. The maximum Gasteiger partial charge on any atom is 0.320 e. The molecule has 1 aliphatic heterocycles. The van der Waals surface area contributed by atoms with Gasteiger partial charge in [-0.15, -0.1) is 0 Å². The van der Waals surface area contributed by atoms with Gasteiger partial charge in [-0.05, 0) is 18.6 Å². The topological polar surface area (TPSA) is 107 Å². The first-order valence-electron chi connectivity index (χ1n) is 7.84. The molecule has 0 saturated carbocycles. The Hall–Kier alpha value is -1.97. The zero-order valence-electron chi connectivity index (χ0n) is 13.3. The number of aliphatic carboxylic acids is 1. The van der Waals surface area contributed by atoms with E-state index >= 15 is 0 Å². The molecule has 0 radical (unpaired) electrons. The molecular weight excluding hydrogens is 332 g/mol. The Bertz CT molecular complexity index is 840. The van der Waals surface area contributed by atoms with Gasteiger partial charge in [0, 0.05) is 44.0 Å². The van der Waals surface area contributed by atoms with Crippen molar-refractivity contribution in [3.8, 4) is 0 Å². The number of nitrogens with one attached hydrogen (secondary N) is 1. The molecule has 0 spiro atoms. The minimum Gasteiger partial charge on any atom is -0.480 e. The fourth-order valence-electron chi connectivity index (χ4n) is 3.13. The number of carbonyl (C=O) groups is 1. The molecule has 0 aliphatic carbocycles. The Morgan fingerprint density at radius 3 is 2.71 bits per heavy atom. The SMILES string of the molecule is CCC(C(=O)O)N1CCN(S(=O)(=O)c2c[nH]c3ncccc23)CC1. The molecule has 130 valence electrons. The molecule has 1 fully saturated rings. The highest BCUT2D eigenvalue weighted by atomic mass is 32.2. The van der Waals surface area contributed by atoms with E-state index in [-0.39, 0.29) is 18.0 Å². The number of aromatic amines is 1. The van der Waals surface area contributed by atoms with E-state index in [9.17, 15) is 18.3 Å². The normalized spacial score (nSPS) is 18.7. The number of hydrogen-bond donors (Lipinski definition) is 2. The average molecular weight is 352 g/mol. The standard InChI is InChI=1S/C15H20N4O4S/c1-2-12(15(20)21)18-6-8-19(9-7-18)24(22,23)13-10-17-14-11(13)4-3-5-16-14/h3-5,10,12H,2,6-9H2,1H3,(H,16,17)(H,20,21). The van der Waals surface area contributed by atoms with Crippen LogP contribution in [0.4, 0.5) is 0 Å². The fourth-order valence-corrected chi connectivity index (χ4v) is 4.70. The third-order valence-electron chi connectivity index (χ3n) is 4.42. The van der Waals surface area contributed by atoms with Crippen LogP contribution in [0.25, 0.3) is 11.0 Å². The summed E-state index contributed by atoms with van der Waals surface area (Å²) >= 11 is 0. The first kappa shape index (κ1) is 16.9. The molecule has 8 nitrogen and oxygen atoms in total. The number of sulfonamides is 1. The van der Waals surface area contributed by atoms with Crippen LogP contribution in [-0.4, -0.2) is 70.9 Å². The highest BCUT2D eigenvalue weighted by Crippen LogP contribution is 2.25. The van der Waals surface area contributed by atoms with Gasteiger partial charge >= 0.3 is 5.97 Å². The highest BCUT2D eigenvalue weighted by molar-refractivity contribution is 7.89. The molecule has 0 bridgehead atoms. The van der Waals surface area contributed by atoms with Crippen molar-refractivity contribution in [3.05, 3.63) is 24.5 Å². The highest BCUT2D eigenvalue weighted by Gasteiger charge is 2.33. The number of nitrogens with zero attached hydrogens (tertiary/aromatic N) is 3. The van der Waals surface area contributed by atoms with Gasteiger partial charge in [0.2, 0.25) is 10.0 Å². The van der Waals surface area contributed by atoms with Crippen molar-refractivity contribution in [1.82, 2.24) is 19.2 Å². The summed E-state index contributed by atoms with van der Waals surface area (Å²) in [5.74, 6) is -0.864. The molecule has 1 atom stereocenters. The lowest BCUT2D eigenvalue weighted by atomic mass is 10.1. The largest absolute Gasteiger partial charge is 0.480 e. The lowest BCUT2D eigenvalue weighted by Crippen LogP contribution is -2.53. The van der Waals surface area contributed by atoms with Crippen LogP contribution in [0.1, 0.15) is 13.3 Å². The monoisotopic (exact) mass is 352 g/mol. The van der Waals surface area contributed by atoms with Gasteiger partial charge in [0.25, 0.3) is 0 Å². The number of carboxylic acids is 1. The van der Waals surface area contributed by atoms with Gasteiger partial charge in [-0.2, -0.15) is 4.31 Å². The Balaban J connectivity index is 1.79. The minimum absolute atomic E-state index is 0.212. The third kappa shape index (κ3) is 2.90. The van der Waals surface area contributed by atoms with Crippen LogP contribution in [-0.2, 0) is 14.8 Å². The molecule has 9 heteroatoms. The number of pyridine rings is 1. The summed E-state index contributed by atoms with van der Waals surface area (Å²) in [5.41, 5.74) is 0.534. The van der Waals surface area contributed by atoms with Crippen LogP contribution in [0, 0.1) is 0 Å². The number of carboxylic acid groups (broad SMARTS) is 1. The van der Waals surface area contributed by atoms with Gasteiger partial charge in [0.1, 0.15) is 16.6 Å². The lowest BCUT2D eigenvalue weighted by Gasteiger charge is -2.36. The number of rotatable bonds is 5. The zero-order chi connectivity index (χ0) is 17.3. The van der Waals surface area contributed by atoms with E-state index in [1.807, 2.05) is 11.8 Å². The van der Waals surface area contributed by atoms with Crippen LogP contribution < -0.4 is 0 Å². The number of fused-ring (bicyclic) bond motifs is 1. The summed E-state index contributed by atoms with van der Waals surface area (Å²) in [6.45, 7) is 3.19. The minimum atomic E-state index is -3.63. The van der Waals surface area contributed by atoms with Gasteiger partial charge in [0.15, 0.2) is 0 Å². The second kappa shape index (κ2) is 6.50. The van der Waals surface area contributed by atoms with Gasteiger partial charge in [-0.1, -0.05) is 6.92 Å². The predicted molar refractivity (Wildman–Crippen MR) is 88.1 cm³/mol. The smallest absolute Gasteiger partial charge is 0.320 e. The summed E-state index contributed by atoms with van der Waals surface area (Å²) < 4.78 is 27.2. The fraction of sp³-hybridized carbons (Fsp3) is 0.467. The van der Waals surface area contributed by atoms with E-state index < -0.39 is 22.0 Å². The summed E-state index contributed by atoms with van der Waals surface area (Å²) in [4.78, 5) is 20.3. The van der Waals surface area contributed by atoms with Crippen molar-refractivity contribution in [3.63, 3.8) is 0 Å². The number of hydrogen-bond acceptors (Lipinski definition) is 5. The first-order chi connectivity index (χ1) is 11.4. The summed E-state index contributed by atoms with van der Waals surface area (Å²) in [6, 6.07) is 2.86. The van der Waals surface area contributed by atoms with E-state index in [0.29, 0.717) is 30.5 Å². The van der Waals surface area contributed by atoms with Crippen LogP contribution in [0.3, 0.4) is 0 Å². The Morgan fingerprint density at radius 2 is 2.08 bits per heavy atom. The molecule has 0 amide bonds. The van der Waals surface area contributed by atoms with E-state index in [0.717, 1.165) is 0 Å². The maximum atomic E-state index is 12.9. The average Bonchev–Trinajstić information content (AvgIpc) is 3.00. The summed E-state index contributed by atoms with van der Waals surface area (Å²) in [5, 5.41) is 9.80. The van der Waals surface area contributed by atoms with Crippen LogP contribution in [0.5, 0.6) is 0 Å². The molecular formula is C15H20N4O4S. The van der Waals surface area contributed by atoms with Crippen molar-refractivity contribution < 1.29 is 18.3 Å².